The fraction of sp³-hybridized carbons (Fsp3) is 0.139. The van der Waals surface area contributed by atoms with Gasteiger partial charge in [0, 0.05) is 20.2 Å². The second-order valence-electron chi connectivity index (χ2n) is 10.8. The lowest BCUT2D eigenvalue weighted by molar-refractivity contribution is -0.633. The van der Waals surface area contributed by atoms with Crippen LogP contribution in [0, 0.1) is 6.92 Å². The third kappa shape index (κ3) is 3.88. The number of imidazole rings is 1. The highest BCUT2D eigenvalue weighted by Gasteiger charge is 2.27. The van der Waals surface area contributed by atoms with Crippen molar-refractivity contribution in [3.05, 3.63) is 120 Å². The number of aryl methyl sites for hydroxylation is 2. The molecule has 3 heteroatoms. The monoisotopic (exact) mass is 523 g/mol. The van der Waals surface area contributed by atoms with Gasteiger partial charge in [0.1, 0.15) is 5.69 Å². The summed E-state index contributed by atoms with van der Waals surface area (Å²) in [4.78, 5) is 0. The van der Waals surface area contributed by atoms with E-state index in [4.69, 9.17) is 0 Å². The Morgan fingerprint density at radius 2 is 1.41 bits per heavy atom. The molecule has 5 aromatic carbocycles. The number of para-hydroxylation sites is 2. The van der Waals surface area contributed by atoms with Crippen LogP contribution in [0.2, 0.25) is 0 Å². The van der Waals surface area contributed by atoms with Gasteiger partial charge in [-0.15, -0.1) is 11.3 Å². The van der Waals surface area contributed by atoms with Crippen LogP contribution >= 0.6 is 11.3 Å². The lowest BCUT2D eigenvalue weighted by Gasteiger charge is -2.09. The molecule has 39 heavy (non-hydrogen) atoms. The van der Waals surface area contributed by atoms with Gasteiger partial charge in [-0.25, -0.2) is 4.57 Å². The van der Waals surface area contributed by atoms with E-state index in [1.165, 1.54) is 70.5 Å². The largest absolute Gasteiger partial charge is 0.295 e. The summed E-state index contributed by atoms with van der Waals surface area (Å²) < 4.78 is 7.44. The molecule has 0 fully saturated rings. The molecule has 190 valence electrons. The average molecular weight is 524 g/mol. The molecule has 2 heterocycles. The summed E-state index contributed by atoms with van der Waals surface area (Å²) in [6.45, 7) is 6.74. The van der Waals surface area contributed by atoms with E-state index in [1.54, 1.807) is 0 Å². The molecule has 0 amide bonds. The Kier molecular flexibility index (Phi) is 5.64. The summed E-state index contributed by atoms with van der Waals surface area (Å²) in [6.07, 6.45) is 0. The molecule has 0 spiro atoms. The normalized spacial score (nSPS) is 11.8. The van der Waals surface area contributed by atoms with Gasteiger partial charge in [-0.2, -0.15) is 4.57 Å². The van der Waals surface area contributed by atoms with E-state index in [0.29, 0.717) is 5.92 Å². The SMILES string of the molecule is Cc1cc2sc3cc(-c4ccccc4)ccc3c2cc1-c1n(-c2ccc(C(C)C)cc2)c2ccccc2[n+]1C. The number of hydrogen-bond donors (Lipinski definition) is 0. The number of rotatable bonds is 4. The first-order chi connectivity index (χ1) is 19.0. The van der Waals surface area contributed by atoms with Crippen molar-refractivity contribution in [2.24, 2.45) is 7.05 Å². The Morgan fingerprint density at radius 1 is 0.692 bits per heavy atom. The summed E-state index contributed by atoms with van der Waals surface area (Å²) in [5.41, 5.74) is 10.1. The van der Waals surface area contributed by atoms with Gasteiger partial charge in [0.05, 0.1) is 12.6 Å². The van der Waals surface area contributed by atoms with Crippen LogP contribution in [0.15, 0.2) is 109 Å². The molecule has 7 rings (SSSR count). The van der Waals surface area contributed by atoms with Crippen LogP contribution in [0.5, 0.6) is 0 Å². The summed E-state index contributed by atoms with van der Waals surface area (Å²) >= 11 is 1.89. The van der Waals surface area contributed by atoms with Gasteiger partial charge < -0.3 is 0 Å². The molecule has 0 bridgehead atoms. The lowest BCUT2D eigenvalue weighted by Crippen LogP contribution is -2.30. The van der Waals surface area contributed by atoms with Crippen molar-refractivity contribution < 1.29 is 4.57 Å². The van der Waals surface area contributed by atoms with Crippen LogP contribution in [-0.2, 0) is 7.05 Å². The van der Waals surface area contributed by atoms with Crippen LogP contribution < -0.4 is 4.57 Å². The number of fused-ring (bicyclic) bond motifs is 4. The number of nitrogens with zero attached hydrogens (tertiary/aromatic N) is 2. The highest BCUT2D eigenvalue weighted by atomic mass is 32.1. The predicted molar refractivity (Wildman–Crippen MR) is 167 cm³/mol. The predicted octanol–water partition coefficient (Wildman–Crippen LogP) is 9.59. The van der Waals surface area contributed by atoms with Crippen LogP contribution in [0.4, 0.5) is 0 Å². The van der Waals surface area contributed by atoms with Crippen molar-refractivity contribution in [2.75, 3.05) is 0 Å². The van der Waals surface area contributed by atoms with Gasteiger partial charge in [-0.1, -0.05) is 80.6 Å². The van der Waals surface area contributed by atoms with E-state index < -0.39 is 0 Å². The minimum Gasteiger partial charge on any atom is -0.225 e. The van der Waals surface area contributed by atoms with Crippen molar-refractivity contribution in [1.82, 2.24) is 4.57 Å². The zero-order valence-electron chi connectivity index (χ0n) is 22.8. The average Bonchev–Trinajstić information content (AvgIpc) is 3.46. The summed E-state index contributed by atoms with van der Waals surface area (Å²) in [5.74, 6) is 1.71. The third-order valence-corrected chi connectivity index (χ3v) is 9.11. The van der Waals surface area contributed by atoms with E-state index in [0.717, 1.165) is 0 Å². The van der Waals surface area contributed by atoms with Crippen molar-refractivity contribution >= 4 is 42.5 Å². The van der Waals surface area contributed by atoms with Crippen molar-refractivity contribution in [3.63, 3.8) is 0 Å². The van der Waals surface area contributed by atoms with Crippen LogP contribution in [0.1, 0.15) is 30.9 Å². The zero-order chi connectivity index (χ0) is 26.7. The molecular formula is C36H31N2S+. The van der Waals surface area contributed by atoms with Crippen LogP contribution in [-0.4, -0.2) is 4.57 Å². The van der Waals surface area contributed by atoms with E-state index in [9.17, 15) is 0 Å². The number of aromatic nitrogens is 2. The molecule has 0 N–H and O–H groups in total. The summed E-state index contributed by atoms with van der Waals surface area (Å²) in [5, 5.41) is 2.64. The molecule has 0 aliphatic heterocycles. The standard InChI is InChI=1S/C36H31N2S/c1-23(2)25-14-17-28(18-15-25)38-33-13-9-8-12-32(33)37(4)36(38)30-22-31-29-19-16-27(26-10-6-5-7-11-26)21-35(29)39-34(31)20-24(30)3/h5-23H,1-4H3/q+1. The number of hydrogen-bond acceptors (Lipinski definition) is 1. The molecule has 2 aromatic heterocycles. The van der Waals surface area contributed by atoms with Gasteiger partial charge in [0.25, 0.3) is 5.82 Å². The van der Waals surface area contributed by atoms with Crippen molar-refractivity contribution in [2.45, 2.75) is 26.7 Å². The van der Waals surface area contributed by atoms with Gasteiger partial charge in [0.2, 0.25) is 0 Å². The maximum atomic E-state index is 2.43. The quantitative estimate of drug-likeness (QED) is 0.203. The Balaban J connectivity index is 1.46. The Bertz CT molecular complexity index is 1990. The smallest absolute Gasteiger partial charge is 0.225 e. The van der Waals surface area contributed by atoms with E-state index in [-0.39, 0.29) is 0 Å². The molecule has 0 aliphatic rings. The van der Waals surface area contributed by atoms with E-state index >= 15 is 0 Å². The van der Waals surface area contributed by atoms with Gasteiger partial charge in [-0.3, -0.25) is 0 Å². The topological polar surface area (TPSA) is 8.81 Å². The number of benzene rings is 5. The Morgan fingerprint density at radius 3 is 2.18 bits per heavy atom. The minimum atomic E-state index is 0.509. The van der Waals surface area contributed by atoms with Gasteiger partial charge in [-0.05, 0) is 77.6 Å². The first-order valence-corrected chi connectivity index (χ1v) is 14.4. The molecule has 0 radical (unpaired) electrons. The fourth-order valence-electron chi connectivity index (χ4n) is 5.86. The molecule has 0 saturated carbocycles. The Hall–Kier alpha value is -4.21. The maximum absolute atomic E-state index is 2.43. The first-order valence-electron chi connectivity index (χ1n) is 13.6. The molecule has 0 unspecified atom stereocenters. The molecule has 7 aromatic rings. The first kappa shape index (κ1) is 23.9. The third-order valence-electron chi connectivity index (χ3n) is 8.00. The maximum Gasteiger partial charge on any atom is 0.295 e. The molecule has 2 nitrogen and oxygen atoms in total. The van der Waals surface area contributed by atoms with Gasteiger partial charge in [0.15, 0.2) is 11.0 Å². The minimum absolute atomic E-state index is 0.509. The zero-order valence-corrected chi connectivity index (χ0v) is 23.6. The van der Waals surface area contributed by atoms with Gasteiger partial charge >= 0.3 is 0 Å². The van der Waals surface area contributed by atoms with Crippen molar-refractivity contribution in [3.8, 4) is 28.2 Å². The molecule has 0 atom stereocenters. The fourth-order valence-corrected chi connectivity index (χ4v) is 7.09. The summed E-state index contributed by atoms with van der Waals surface area (Å²) in [6, 6.07) is 40.1. The Labute approximate surface area is 233 Å². The van der Waals surface area contributed by atoms with Crippen LogP contribution in [0.25, 0.3) is 59.4 Å². The van der Waals surface area contributed by atoms with Crippen LogP contribution in [0.3, 0.4) is 0 Å². The molecule has 0 saturated heterocycles. The second-order valence-corrected chi connectivity index (χ2v) is 11.9. The second kappa shape index (κ2) is 9.21. The molecular weight excluding hydrogens is 492 g/mol. The molecule has 0 aliphatic carbocycles. The highest BCUT2D eigenvalue weighted by Crippen LogP contribution is 2.40. The summed E-state index contributed by atoms with van der Waals surface area (Å²) in [7, 11) is 2.19. The highest BCUT2D eigenvalue weighted by molar-refractivity contribution is 7.25. The van der Waals surface area contributed by atoms with E-state index in [2.05, 4.69) is 146 Å². The lowest BCUT2D eigenvalue weighted by atomic mass is 10.0. The number of thiophene rings is 1. The van der Waals surface area contributed by atoms with E-state index in [1.807, 2.05) is 11.3 Å². The van der Waals surface area contributed by atoms with Crippen molar-refractivity contribution in [1.29, 1.82) is 0 Å².